The summed E-state index contributed by atoms with van der Waals surface area (Å²) >= 11 is 11.6. The maximum Gasteiger partial charge on any atom is 0.264 e. The molecular weight excluding hydrogens is 284 g/mol. The van der Waals surface area contributed by atoms with Crippen LogP contribution in [0, 0.1) is 5.82 Å². The number of alkyl halides is 2. The lowest BCUT2D eigenvalue weighted by Crippen LogP contribution is -1.92. The average Bonchev–Trinajstić information content (AvgIpc) is 2.27. The van der Waals surface area contributed by atoms with E-state index in [2.05, 4.69) is 0 Å². The zero-order valence-corrected chi connectivity index (χ0v) is 10.4. The van der Waals surface area contributed by atoms with Crippen molar-refractivity contribution in [3.05, 3.63) is 57.8 Å². The second-order valence-corrected chi connectivity index (χ2v) is 4.56. The molecule has 2 rings (SSSR count). The number of benzene rings is 2. The summed E-state index contributed by atoms with van der Waals surface area (Å²) in [7, 11) is 0. The molecule has 0 spiro atoms. The Morgan fingerprint density at radius 3 is 2.06 bits per heavy atom. The van der Waals surface area contributed by atoms with Crippen LogP contribution in [-0.4, -0.2) is 0 Å². The molecule has 0 nitrogen and oxygen atoms in total. The highest BCUT2D eigenvalue weighted by molar-refractivity contribution is 6.35. The molecule has 0 unspecified atom stereocenters. The topological polar surface area (TPSA) is 0 Å². The van der Waals surface area contributed by atoms with Gasteiger partial charge in [0.15, 0.2) is 0 Å². The predicted octanol–water partition coefficient (Wildman–Crippen LogP) is 5.74. The van der Waals surface area contributed by atoms with Gasteiger partial charge in [-0.1, -0.05) is 29.3 Å². The third-order valence-corrected chi connectivity index (χ3v) is 2.86. The van der Waals surface area contributed by atoms with Gasteiger partial charge in [-0.15, -0.1) is 0 Å². The largest absolute Gasteiger partial charge is 0.264 e. The van der Waals surface area contributed by atoms with Crippen LogP contribution in [-0.2, 0) is 0 Å². The van der Waals surface area contributed by atoms with Gasteiger partial charge in [0.05, 0.1) is 0 Å². The van der Waals surface area contributed by atoms with Crippen molar-refractivity contribution in [2.24, 2.45) is 0 Å². The first-order valence-electron chi connectivity index (χ1n) is 5.01. The number of hydrogen-bond acceptors (Lipinski definition) is 0. The third kappa shape index (κ3) is 2.79. The summed E-state index contributed by atoms with van der Waals surface area (Å²) in [6, 6.07) is 7.74. The first-order valence-corrected chi connectivity index (χ1v) is 5.77. The fraction of sp³-hybridized carbons (Fsp3) is 0.0769. The van der Waals surface area contributed by atoms with Gasteiger partial charge in [-0.25, -0.2) is 13.2 Å². The first kappa shape index (κ1) is 13.2. The lowest BCUT2D eigenvalue weighted by atomic mass is 10.00. The van der Waals surface area contributed by atoms with Crippen LogP contribution in [0.25, 0.3) is 11.1 Å². The predicted molar refractivity (Wildman–Crippen MR) is 66.8 cm³/mol. The van der Waals surface area contributed by atoms with Crippen LogP contribution in [0.4, 0.5) is 13.2 Å². The van der Waals surface area contributed by atoms with Gasteiger partial charge in [0.2, 0.25) is 0 Å². The van der Waals surface area contributed by atoms with Crippen LogP contribution in [0.5, 0.6) is 0 Å². The molecule has 0 radical (unpaired) electrons. The van der Waals surface area contributed by atoms with E-state index in [0.29, 0.717) is 15.6 Å². The molecule has 0 aromatic heterocycles. The molecule has 0 aliphatic carbocycles. The van der Waals surface area contributed by atoms with Gasteiger partial charge in [-0.05, 0) is 41.5 Å². The molecule has 18 heavy (non-hydrogen) atoms. The summed E-state index contributed by atoms with van der Waals surface area (Å²) in [4.78, 5) is 0. The van der Waals surface area contributed by atoms with Crippen molar-refractivity contribution in [1.29, 1.82) is 0 Å². The van der Waals surface area contributed by atoms with Crippen molar-refractivity contribution < 1.29 is 13.2 Å². The van der Waals surface area contributed by atoms with Gasteiger partial charge in [-0.3, -0.25) is 0 Å². The highest BCUT2D eigenvalue weighted by Crippen LogP contribution is 2.34. The Hall–Kier alpha value is -1.19. The minimum Gasteiger partial charge on any atom is -0.207 e. The number of halogens is 5. The Kier molecular flexibility index (Phi) is 3.83. The zero-order valence-electron chi connectivity index (χ0n) is 8.93. The lowest BCUT2D eigenvalue weighted by Gasteiger charge is -2.10. The second-order valence-electron chi connectivity index (χ2n) is 3.69. The molecule has 5 heteroatoms. The van der Waals surface area contributed by atoms with Crippen LogP contribution in [0.2, 0.25) is 10.0 Å². The molecule has 0 fully saturated rings. The highest BCUT2D eigenvalue weighted by atomic mass is 35.5. The molecule has 0 heterocycles. The van der Waals surface area contributed by atoms with E-state index in [9.17, 15) is 13.2 Å². The monoisotopic (exact) mass is 290 g/mol. The van der Waals surface area contributed by atoms with E-state index in [1.54, 1.807) is 0 Å². The van der Waals surface area contributed by atoms with Crippen molar-refractivity contribution in [1.82, 2.24) is 0 Å². The molecule has 0 N–H and O–H groups in total. The summed E-state index contributed by atoms with van der Waals surface area (Å²) in [6.45, 7) is 0. The van der Waals surface area contributed by atoms with Gasteiger partial charge in [0, 0.05) is 15.6 Å². The minimum atomic E-state index is -2.77. The molecular formula is C13H7Cl2F3. The van der Waals surface area contributed by atoms with Gasteiger partial charge in [0.1, 0.15) is 5.82 Å². The molecule has 0 saturated heterocycles. The van der Waals surface area contributed by atoms with Crippen molar-refractivity contribution in [3.63, 3.8) is 0 Å². The van der Waals surface area contributed by atoms with Gasteiger partial charge >= 0.3 is 0 Å². The number of rotatable bonds is 2. The average molecular weight is 291 g/mol. The summed E-state index contributed by atoms with van der Waals surface area (Å²) < 4.78 is 38.7. The maximum absolute atomic E-state index is 13.0. The van der Waals surface area contributed by atoms with Crippen molar-refractivity contribution >= 4 is 23.2 Å². The summed E-state index contributed by atoms with van der Waals surface area (Å²) in [5, 5.41) is 0.670. The number of hydrogen-bond donors (Lipinski definition) is 0. The SMILES string of the molecule is Fc1ccc(-c2cc(Cl)cc(Cl)c2)c(C(F)F)c1. The van der Waals surface area contributed by atoms with Gasteiger partial charge in [0.25, 0.3) is 6.43 Å². The Morgan fingerprint density at radius 2 is 1.50 bits per heavy atom. The van der Waals surface area contributed by atoms with E-state index in [1.165, 1.54) is 24.3 Å². The van der Waals surface area contributed by atoms with Crippen LogP contribution in [0.3, 0.4) is 0 Å². The molecule has 0 saturated carbocycles. The van der Waals surface area contributed by atoms with Gasteiger partial charge < -0.3 is 0 Å². The Balaban J connectivity index is 2.63. The minimum absolute atomic E-state index is 0.218. The fourth-order valence-corrected chi connectivity index (χ4v) is 2.21. The van der Waals surface area contributed by atoms with Crippen LogP contribution in [0.1, 0.15) is 12.0 Å². The van der Waals surface area contributed by atoms with Crippen LogP contribution < -0.4 is 0 Å². The summed E-state index contributed by atoms with van der Waals surface area (Å²) in [5.41, 5.74) is 0.270. The molecule has 94 valence electrons. The standard InChI is InChI=1S/C13H7Cl2F3/c14-8-3-7(4-9(15)5-8)11-2-1-10(16)6-12(11)13(17)18/h1-6,13H. The maximum atomic E-state index is 13.0. The Labute approximate surface area is 112 Å². The third-order valence-electron chi connectivity index (χ3n) is 2.42. The smallest absolute Gasteiger partial charge is 0.207 e. The van der Waals surface area contributed by atoms with E-state index in [0.717, 1.165) is 12.1 Å². The fourth-order valence-electron chi connectivity index (χ4n) is 1.69. The molecule has 0 aliphatic rings. The molecule has 0 amide bonds. The van der Waals surface area contributed by atoms with Crippen LogP contribution >= 0.6 is 23.2 Å². The van der Waals surface area contributed by atoms with E-state index >= 15 is 0 Å². The molecule has 2 aromatic rings. The lowest BCUT2D eigenvalue weighted by molar-refractivity contribution is 0.151. The van der Waals surface area contributed by atoms with E-state index in [1.807, 2.05) is 0 Å². The van der Waals surface area contributed by atoms with Crippen molar-refractivity contribution in [3.8, 4) is 11.1 Å². The highest BCUT2D eigenvalue weighted by Gasteiger charge is 2.15. The zero-order chi connectivity index (χ0) is 13.3. The summed E-state index contributed by atoms with van der Waals surface area (Å²) in [5.74, 6) is -0.706. The van der Waals surface area contributed by atoms with E-state index < -0.39 is 12.2 Å². The first-order chi connectivity index (χ1) is 8.47. The Bertz CT molecular complexity index is 562. The van der Waals surface area contributed by atoms with Crippen molar-refractivity contribution in [2.75, 3.05) is 0 Å². The second kappa shape index (κ2) is 5.21. The van der Waals surface area contributed by atoms with Gasteiger partial charge in [-0.2, -0.15) is 0 Å². The van der Waals surface area contributed by atoms with E-state index in [4.69, 9.17) is 23.2 Å². The molecule has 0 atom stereocenters. The van der Waals surface area contributed by atoms with E-state index in [-0.39, 0.29) is 11.1 Å². The molecule has 0 bridgehead atoms. The quantitative estimate of drug-likeness (QED) is 0.662. The van der Waals surface area contributed by atoms with Crippen molar-refractivity contribution in [2.45, 2.75) is 6.43 Å². The summed E-state index contributed by atoms with van der Waals surface area (Å²) in [6.07, 6.45) is -2.77. The molecule has 0 aliphatic heterocycles. The van der Waals surface area contributed by atoms with Crippen LogP contribution in [0.15, 0.2) is 36.4 Å². The normalized spacial score (nSPS) is 11.0. The molecule has 2 aromatic carbocycles. The Morgan fingerprint density at radius 1 is 0.889 bits per heavy atom.